The van der Waals surface area contributed by atoms with Gasteiger partial charge in [0.1, 0.15) is 11.5 Å². The molecule has 0 bridgehead atoms. The summed E-state index contributed by atoms with van der Waals surface area (Å²) in [6.45, 7) is 0. The summed E-state index contributed by atoms with van der Waals surface area (Å²) >= 11 is 0.640. The van der Waals surface area contributed by atoms with Crippen molar-refractivity contribution < 1.29 is 14.8 Å². The van der Waals surface area contributed by atoms with Gasteiger partial charge in [0.05, 0.1) is 4.92 Å². The van der Waals surface area contributed by atoms with Crippen molar-refractivity contribution in [1.82, 2.24) is 15.0 Å². The fourth-order valence-corrected chi connectivity index (χ4v) is 2.24. The van der Waals surface area contributed by atoms with Crippen LogP contribution in [0, 0.1) is 10.1 Å². The molecule has 0 aliphatic rings. The van der Waals surface area contributed by atoms with Crippen LogP contribution in [0.5, 0.6) is 0 Å². The molecule has 2 rings (SSSR count). The number of nitrogens with one attached hydrogen (secondary N) is 1. The number of aromatic carboxylic acids is 1. The number of aromatic nitrogens is 3. The summed E-state index contributed by atoms with van der Waals surface area (Å²) in [6, 6.07) is 3.07. The third-order valence-electron chi connectivity index (χ3n) is 2.19. The SMILES string of the molecule is Nc1cc(=O)[nH]c(Sc2nc(C(=O)O)ccc2[N+](=O)[O-])n1. The van der Waals surface area contributed by atoms with Gasteiger partial charge in [-0.3, -0.25) is 14.9 Å². The lowest BCUT2D eigenvalue weighted by atomic mass is 10.3. The van der Waals surface area contributed by atoms with Gasteiger partial charge in [0.2, 0.25) is 0 Å². The molecule has 2 aromatic heterocycles. The smallest absolute Gasteiger partial charge is 0.354 e. The minimum atomic E-state index is -1.33. The maximum Gasteiger partial charge on any atom is 0.354 e. The highest BCUT2D eigenvalue weighted by molar-refractivity contribution is 7.99. The second kappa shape index (κ2) is 5.58. The molecule has 0 amide bonds. The number of rotatable bonds is 4. The van der Waals surface area contributed by atoms with E-state index in [2.05, 4.69) is 15.0 Å². The Morgan fingerprint density at radius 2 is 2.14 bits per heavy atom. The number of hydrogen-bond donors (Lipinski definition) is 3. The van der Waals surface area contributed by atoms with E-state index in [1.165, 1.54) is 0 Å². The number of H-pyrrole nitrogens is 1. The summed E-state index contributed by atoms with van der Waals surface area (Å²) < 4.78 is 0. The molecule has 0 spiro atoms. The highest BCUT2D eigenvalue weighted by Gasteiger charge is 2.20. The number of pyridine rings is 1. The lowest BCUT2D eigenvalue weighted by molar-refractivity contribution is -0.388. The summed E-state index contributed by atoms with van der Waals surface area (Å²) in [4.78, 5) is 42.1. The quantitative estimate of drug-likeness (QED) is 0.414. The maximum atomic E-state index is 11.3. The highest BCUT2D eigenvalue weighted by Crippen LogP contribution is 2.31. The standard InChI is InChI=1S/C10H7N5O5S/c11-6-3-7(16)14-10(13-6)21-8-5(15(19)20)2-1-4(12-8)9(17)18/h1-3H,(H,17,18)(H3,11,13,14,16). The van der Waals surface area contributed by atoms with Crippen LogP contribution in [0.25, 0.3) is 0 Å². The van der Waals surface area contributed by atoms with Crippen molar-refractivity contribution in [2.75, 3.05) is 5.73 Å². The Morgan fingerprint density at radius 3 is 2.71 bits per heavy atom. The van der Waals surface area contributed by atoms with E-state index >= 15 is 0 Å². The molecule has 0 radical (unpaired) electrons. The van der Waals surface area contributed by atoms with E-state index in [0.717, 1.165) is 18.2 Å². The molecule has 21 heavy (non-hydrogen) atoms. The Hall–Kier alpha value is -2.95. The van der Waals surface area contributed by atoms with Gasteiger partial charge in [0.25, 0.3) is 5.56 Å². The van der Waals surface area contributed by atoms with Crippen molar-refractivity contribution in [3.63, 3.8) is 0 Å². The Bertz CT molecular complexity index is 790. The first kappa shape index (κ1) is 14.5. The summed E-state index contributed by atoms with van der Waals surface area (Å²) in [5.74, 6) is -1.40. The number of hydrogen-bond acceptors (Lipinski definition) is 8. The summed E-state index contributed by atoms with van der Waals surface area (Å²) in [5.41, 5.74) is 4.08. The largest absolute Gasteiger partial charge is 0.477 e. The molecule has 0 aliphatic carbocycles. The number of nitro groups is 1. The number of nitrogen functional groups attached to an aromatic ring is 1. The van der Waals surface area contributed by atoms with Crippen LogP contribution >= 0.6 is 11.8 Å². The first-order valence-electron chi connectivity index (χ1n) is 5.30. The maximum absolute atomic E-state index is 11.3. The molecule has 2 heterocycles. The Morgan fingerprint density at radius 1 is 1.43 bits per heavy atom. The van der Waals surface area contributed by atoms with Gasteiger partial charge < -0.3 is 15.8 Å². The van der Waals surface area contributed by atoms with Gasteiger partial charge in [-0.25, -0.2) is 14.8 Å². The third kappa shape index (κ3) is 3.33. The number of nitrogens with zero attached hydrogens (tertiary/aromatic N) is 3. The highest BCUT2D eigenvalue weighted by atomic mass is 32.2. The second-order valence-corrected chi connectivity index (χ2v) is 4.64. The van der Waals surface area contributed by atoms with Crippen LogP contribution in [-0.2, 0) is 0 Å². The van der Waals surface area contributed by atoms with E-state index in [0.29, 0.717) is 11.8 Å². The second-order valence-electron chi connectivity index (χ2n) is 3.66. The van der Waals surface area contributed by atoms with Crippen LogP contribution in [0.15, 0.2) is 33.2 Å². The van der Waals surface area contributed by atoms with E-state index in [1.807, 2.05) is 0 Å². The number of carboxylic acid groups (broad SMARTS) is 1. The minimum absolute atomic E-state index is 0.0295. The zero-order valence-corrected chi connectivity index (χ0v) is 11.0. The minimum Gasteiger partial charge on any atom is -0.477 e. The molecule has 4 N–H and O–H groups in total. The molecule has 0 saturated heterocycles. The van der Waals surface area contributed by atoms with Gasteiger partial charge in [-0.1, -0.05) is 0 Å². The Balaban J connectivity index is 2.50. The van der Waals surface area contributed by atoms with Crippen molar-refractivity contribution in [2.45, 2.75) is 10.2 Å². The summed E-state index contributed by atoms with van der Waals surface area (Å²) in [7, 11) is 0. The Kier molecular flexibility index (Phi) is 3.84. The topological polar surface area (TPSA) is 165 Å². The average Bonchev–Trinajstić information content (AvgIpc) is 2.36. The van der Waals surface area contributed by atoms with Crippen molar-refractivity contribution in [1.29, 1.82) is 0 Å². The van der Waals surface area contributed by atoms with Gasteiger partial charge in [0.15, 0.2) is 10.2 Å². The molecule has 0 unspecified atom stereocenters. The molecule has 11 heteroatoms. The fourth-order valence-electron chi connectivity index (χ4n) is 1.36. The summed E-state index contributed by atoms with van der Waals surface area (Å²) in [6.07, 6.45) is 0. The third-order valence-corrected chi connectivity index (χ3v) is 3.07. The van der Waals surface area contributed by atoms with Gasteiger partial charge in [-0.05, 0) is 17.8 Å². The lowest BCUT2D eigenvalue weighted by Crippen LogP contribution is -2.10. The first-order valence-corrected chi connectivity index (χ1v) is 6.12. The van der Waals surface area contributed by atoms with Crippen LogP contribution in [0.2, 0.25) is 0 Å². The van der Waals surface area contributed by atoms with Crippen LogP contribution in [-0.4, -0.2) is 31.0 Å². The predicted octanol–water partition coefficient (Wildman–Crippen LogP) is 0.505. The zero-order valence-electron chi connectivity index (χ0n) is 10.1. The molecule has 0 fully saturated rings. The first-order chi connectivity index (χ1) is 9.86. The molecule has 0 aromatic carbocycles. The number of carboxylic acids is 1. The van der Waals surface area contributed by atoms with Gasteiger partial charge >= 0.3 is 11.7 Å². The van der Waals surface area contributed by atoms with Crippen molar-refractivity contribution in [3.05, 3.63) is 44.4 Å². The molecule has 108 valence electrons. The lowest BCUT2D eigenvalue weighted by Gasteiger charge is -2.03. The van der Waals surface area contributed by atoms with Crippen LogP contribution in [0.3, 0.4) is 0 Å². The van der Waals surface area contributed by atoms with E-state index < -0.39 is 22.1 Å². The van der Waals surface area contributed by atoms with Crippen molar-refractivity contribution in [2.24, 2.45) is 0 Å². The van der Waals surface area contributed by atoms with E-state index in [9.17, 15) is 19.7 Å². The molecule has 0 aliphatic heterocycles. The van der Waals surface area contributed by atoms with Crippen molar-refractivity contribution in [3.8, 4) is 0 Å². The van der Waals surface area contributed by atoms with Crippen LogP contribution < -0.4 is 11.3 Å². The normalized spacial score (nSPS) is 10.3. The molecule has 0 atom stereocenters. The number of carbonyl (C=O) groups is 1. The molecular weight excluding hydrogens is 302 g/mol. The van der Waals surface area contributed by atoms with Crippen LogP contribution in [0.4, 0.5) is 11.5 Å². The fraction of sp³-hybridized carbons (Fsp3) is 0. The van der Waals surface area contributed by atoms with Crippen LogP contribution in [0.1, 0.15) is 10.5 Å². The summed E-state index contributed by atoms with van der Waals surface area (Å²) in [5, 5.41) is 19.5. The monoisotopic (exact) mass is 309 g/mol. The predicted molar refractivity (Wildman–Crippen MR) is 71.2 cm³/mol. The van der Waals surface area contributed by atoms with Gasteiger partial charge in [-0.2, -0.15) is 0 Å². The number of nitrogens with two attached hydrogens (primary N) is 1. The van der Waals surface area contributed by atoms with Gasteiger partial charge in [0, 0.05) is 12.1 Å². The number of aromatic amines is 1. The number of anilines is 1. The molecular formula is C10H7N5O5S. The molecule has 10 nitrogen and oxygen atoms in total. The molecule has 0 saturated carbocycles. The Labute approximate surface area is 120 Å². The zero-order chi connectivity index (χ0) is 15.6. The van der Waals surface area contributed by atoms with Gasteiger partial charge in [-0.15, -0.1) is 0 Å². The van der Waals surface area contributed by atoms with Crippen molar-refractivity contribution >= 4 is 29.2 Å². The van der Waals surface area contributed by atoms with E-state index in [1.54, 1.807) is 0 Å². The van der Waals surface area contributed by atoms with E-state index in [4.69, 9.17) is 10.8 Å². The van der Waals surface area contributed by atoms with E-state index in [-0.39, 0.29) is 21.7 Å². The molecule has 2 aromatic rings. The average molecular weight is 309 g/mol.